The summed E-state index contributed by atoms with van der Waals surface area (Å²) in [4.78, 5) is 4.61. The number of thiazole rings is 1. The van der Waals surface area contributed by atoms with Crippen LogP contribution in [0.2, 0.25) is 0 Å². The standard InChI is InChI=1S/C14H18N2O2S/c1-4-15-8-11-9-19-14(16-11)10-5-6-12(17-2)13(7-10)18-3/h5-7,9,15H,4,8H2,1-3H3. The largest absolute Gasteiger partial charge is 0.493 e. The van der Waals surface area contributed by atoms with E-state index in [1.807, 2.05) is 18.2 Å². The van der Waals surface area contributed by atoms with E-state index in [9.17, 15) is 0 Å². The Kier molecular flexibility index (Phi) is 4.76. The highest BCUT2D eigenvalue weighted by atomic mass is 32.1. The van der Waals surface area contributed by atoms with Crippen molar-refractivity contribution in [1.82, 2.24) is 10.3 Å². The third-order valence-electron chi connectivity index (χ3n) is 2.74. The van der Waals surface area contributed by atoms with Gasteiger partial charge in [-0.05, 0) is 24.7 Å². The molecule has 0 atom stereocenters. The monoisotopic (exact) mass is 278 g/mol. The normalized spacial score (nSPS) is 10.5. The van der Waals surface area contributed by atoms with Crippen molar-refractivity contribution in [2.45, 2.75) is 13.5 Å². The van der Waals surface area contributed by atoms with Crippen LogP contribution in [0.4, 0.5) is 0 Å². The summed E-state index contributed by atoms with van der Waals surface area (Å²) in [5.74, 6) is 1.46. The molecule has 0 spiro atoms. The number of ether oxygens (including phenoxy) is 2. The second-order valence-electron chi connectivity index (χ2n) is 3.99. The van der Waals surface area contributed by atoms with E-state index in [4.69, 9.17) is 9.47 Å². The molecule has 0 unspecified atom stereocenters. The van der Waals surface area contributed by atoms with Crippen LogP contribution in [-0.4, -0.2) is 25.7 Å². The quantitative estimate of drug-likeness (QED) is 0.882. The fourth-order valence-electron chi connectivity index (χ4n) is 1.74. The predicted molar refractivity (Wildman–Crippen MR) is 78.0 cm³/mol. The average Bonchev–Trinajstić information content (AvgIpc) is 2.93. The van der Waals surface area contributed by atoms with Crippen molar-refractivity contribution in [2.75, 3.05) is 20.8 Å². The average molecular weight is 278 g/mol. The lowest BCUT2D eigenvalue weighted by atomic mass is 10.2. The van der Waals surface area contributed by atoms with Gasteiger partial charge in [0.2, 0.25) is 0 Å². The molecule has 0 aliphatic carbocycles. The SMILES string of the molecule is CCNCc1csc(-c2ccc(OC)c(OC)c2)n1. The number of nitrogens with one attached hydrogen (secondary N) is 1. The molecule has 2 aromatic rings. The molecule has 0 amide bonds. The van der Waals surface area contributed by atoms with Crippen molar-refractivity contribution in [1.29, 1.82) is 0 Å². The first-order chi connectivity index (χ1) is 9.28. The van der Waals surface area contributed by atoms with E-state index < -0.39 is 0 Å². The summed E-state index contributed by atoms with van der Waals surface area (Å²) in [7, 11) is 3.27. The highest BCUT2D eigenvalue weighted by Crippen LogP contribution is 2.33. The first kappa shape index (κ1) is 13.8. The van der Waals surface area contributed by atoms with Crippen molar-refractivity contribution < 1.29 is 9.47 Å². The number of aromatic nitrogens is 1. The van der Waals surface area contributed by atoms with E-state index in [-0.39, 0.29) is 0 Å². The molecule has 0 aliphatic heterocycles. The van der Waals surface area contributed by atoms with Gasteiger partial charge in [-0.15, -0.1) is 11.3 Å². The van der Waals surface area contributed by atoms with Crippen LogP contribution in [0, 0.1) is 0 Å². The summed E-state index contributed by atoms with van der Waals surface area (Å²) >= 11 is 1.64. The minimum atomic E-state index is 0.725. The molecule has 5 heteroatoms. The van der Waals surface area contributed by atoms with Gasteiger partial charge in [0.25, 0.3) is 0 Å². The molecule has 102 valence electrons. The van der Waals surface area contributed by atoms with Crippen LogP contribution < -0.4 is 14.8 Å². The Hall–Kier alpha value is -1.59. The molecule has 1 N–H and O–H groups in total. The van der Waals surface area contributed by atoms with Crippen LogP contribution in [0.3, 0.4) is 0 Å². The number of hydrogen-bond donors (Lipinski definition) is 1. The molecular weight excluding hydrogens is 260 g/mol. The van der Waals surface area contributed by atoms with Crippen molar-refractivity contribution in [3.8, 4) is 22.1 Å². The van der Waals surface area contributed by atoms with E-state index >= 15 is 0 Å². The van der Waals surface area contributed by atoms with Gasteiger partial charge in [-0.2, -0.15) is 0 Å². The fourth-order valence-corrected chi connectivity index (χ4v) is 2.56. The van der Waals surface area contributed by atoms with E-state index in [0.717, 1.165) is 40.9 Å². The van der Waals surface area contributed by atoms with Crippen molar-refractivity contribution in [3.63, 3.8) is 0 Å². The molecule has 2 rings (SSSR count). The Morgan fingerprint density at radius 1 is 1.21 bits per heavy atom. The van der Waals surface area contributed by atoms with Gasteiger partial charge >= 0.3 is 0 Å². The third kappa shape index (κ3) is 3.24. The second kappa shape index (κ2) is 6.54. The maximum absolute atomic E-state index is 5.31. The number of nitrogens with zero attached hydrogens (tertiary/aromatic N) is 1. The molecule has 1 aromatic carbocycles. The maximum Gasteiger partial charge on any atom is 0.161 e. The zero-order valence-electron chi connectivity index (χ0n) is 11.4. The summed E-state index contributed by atoms with van der Waals surface area (Å²) < 4.78 is 10.5. The van der Waals surface area contributed by atoms with Gasteiger partial charge in [-0.3, -0.25) is 0 Å². The zero-order valence-corrected chi connectivity index (χ0v) is 12.2. The third-order valence-corrected chi connectivity index (χ3v) is 3.68. The first-order valence-corrected chi connectivity index (χ1v) is 7.04. The van der Waals surface area contributed by atoms with Crippen LogP contribution in [0.5, 0.6) is 11.5 Å². The molecular formula is C14H18N2O2S. The Balaban J connectivity index is 2.23. The number of methoxy groups -OCH3 is 2. The minimum Gasteiger partial charge on any atom is -0.493 e. The van der Waals surface area contributed by atoms with Crippen LogP contribution in [0.25, 0.3) is 10.6 Å². The number of benzene rings is 1. The molecule has 19 heavy (non-hydrogen) atoms. The molecule has 0 aliphatic rings. The first-order valence-electron chi connectivity index (χ1n) is 6.16. The molecule has 0 saturated carbocycles. The van der Waals surface area contributed by atoms with Gasteiger partial charge in [0.05, 0.1) is 19.9 Å². The Labute approximate surface area is 117 Å². The van der Waals surface area contributed by atoms with Crippen LogP contribution >= 0.6 is 11.3 Å². The minimum absolute atomic E-state index is 0.725. The van der Waals surface area contributed by atoms with Gasteiger partial charge in [0.1, 0.15) is 5.01 Å². The van der Waals surface area contributed by atoms with Gasteiger partial charge in [0, 0.05) is 17.5 Å². The van der Waals surface area contributed by atoms with Gasteiger partial charge < -0.3 is 14.8 Å². The Bertz CT molecular complexity index is 540. The summed E-state index contributed by atoms with van der Waals surface area (Å²) in [5.41, 5.74) is 2.11. The highest BCUT2D eigenvalue weighted by Gasteiger charge is 2.09. The van der Waals surface area contributed by atoms with E-state index in [1.54, 1.807) is 25.6 Å². The van der Waals surface area contributed by atoms with Gasteiger partial charge in [-0.1, -0.05) is 6.92 Å². The summed E-state index contributed by atoms with van der Waals surface area (Å²) in [5, 5.41) is 6.34. The number of hydrogen-bond acceptors (Lipinski definition) is 5. The van der Waals surface area contributed by atoms with E-state index in [1.165, 1.54) is 0 Å². The molecule has 1 heterocycles. The van der Waals surface area contributed by atoms with Gasteiger partial charge in [-0.25, -0.2) is 4.98 Å². The summed E-state index contributed by atoms with van der Waals surface area (Å²) in [6.45, 7) is 3.84. The van der Waals surface area contributed by atoms with Crippen LogP contribution in [-0.2, 0) is 6.54 Å². The molecule has 0 saturated heterocycles. The zero-order chi connectivity index (χ0) is 13.7. The van der Waals surface area contributed by atoms with Gasteiger partial charge in [0.15, 0.2) is 11.5 Å². The maximum atomic E-state index is 5.31. The summed E-state index contributed by atoms with van der Waals surface area (Å²) in [6, 6.07) is 5.85. The molecule has 0 bridgehead atoms. The molecule has 4 nitrogen and oxygen atoms in total. The number of rotatable bonds is 6. The fraction of sp³-hybridized carbons (Fsp3) is 0.357. The lowest BCUT2D eigenvalue weighted by Crippen LogP contribution is -2.11. The molecule has 0 fully saturated rings. The van der Waals surface area contributed by atoms with Crippen molar-refractivity contribution >= 4 is 11.3 Å². The highest BCUT2D eigenvalue weighted by molar-refractivity contribution is 7.13. The van der Waals surface area contributed by atoms with Crippen molar-refractivity contribution in [2.24, 2.45) is 0 Å². The molecule has 0 radical (unpaired) electrons. The molecule has 1 aromatic heterocycles. The van der Waals surface area contributed by atoms with Crippen LogP contribution in [0.15, 0.2) is 23.6 Å². The lowest BCUT2D eigenvalue weighted by molar-refractivity contribution is 0.355. The topological polar surface area (TPSA) is 43.4 Å². The summed E-state index contributed by atoms with van der Waals surface area (Å²) in [6.07, 6.45) is 0. The van der Waals surface area contributed by atoms with Crippen molar-refractivity contribution in [3.05, 3.63) is 29.3 Å². The Morgan fingerprint density at radius 2 is 2.00 bits per heavy atom. The second-order valence-corrected chi connectivity index (χ2v) is 4.85. The van der Waals surface area contributed by atoms with E-state index in [0.29, 0.717) is 0 Å². The lowest BCUT2D eigenvalue weighted by Gasteiger charge is -2.08. The smallest absolute Gasteiger partial charge is 0.161 e. The van der Waals surface area contributed by atoms with E-state index in [2.05, 4.69) is 22.6 Å². The Morgan fingerprint density at radius 3 is 2.68 bits per heavy atom. The predicted octanol–water partition coefficient (Wildman–Crippen LogP) is 2.94. The van der Waals surface area contributed by atoms with Crippen LogP contribution in [0.1, 0.15) is 12.6 Å².